The van der Waals surface area contributed by atoms with Crippen molar-refractivity contribution in [2.45, 2.75) is 37.3 Å². The Kier molecular flexibility index (Phi) is 3.58. The van der Waals surface area contributed by atoms with E-state index in [1.165, 1.54) is 25.4 Å². The van der Waals surface area contributed by atoms with Crippen LogP contribution in [0, 0.1) is 6.92 Å². The topological polar surface area (TPSA) is 81.8 Å². The molecule has 0 saturated heterocycles. The van der Waals surface area contributed by atoms with Gasteiger partial charge in [0.2, 0.25) is 0 Å². The van der Waals surface area contributed by atoms with Crippen LogP contribution in [-0.4, -0.2) is 34.1 Å². The highest BCUT2D eigenvalue weighted by Gasteiger charge is 2.27. The zero-order valence-corrected chi connectivity index (χ0v) is 13.0. The van der Waals surface area contributed by atoms with Crippen molar-refractivity contribution in [1.29, 1.82) is 0 Å². The van der Waals surface area contributed by atoms with Crippen LogP contribution in [-0.2, 0) is 23.5 Å². The lowest BCUT2D eigenvalue weighted by Crippen LogP contribution is -2.27. The summed E-state index contributed by atoms with van der Waals surface area (Å²) >= 11 is 0. The van der Waals surface area contributed by atoms with E-state index in [-0.39, 0.29) is 5.03 Å². The Labute approximate surface area is 124 Å². The van der Waals surface area contributed by atoms with Gasteiger partial charge >= 0.3 is 0 Å². The van der Waals surface area contributed by atoms with Crippen molar-refractivity contribution >= 4 is 10.0 Å². The van der Waals surface area contributed by atoms with Crippen molar-refractivity contribution < 1.29 is 8.42 Å². The minimum atomic E-state index is -3.54. The summed E-state index contributed by atoms with van der Waals surface area (Å²) in [5.74, 6) is 0.943. The Bertz CT molecular complexity index is 742. The molecule has 0 aliphatic heterocycles. The number of nitrogens with zero attached hydrogens (tertiary/aromatic N) is 4. The van der Waals surface area contributed by atoms with E-state index in [9.17, 15) is 8.42 Å². The molecule has 0 spiro atoms. The second-order valence-corrected chi connectivity index (χ2v) is 7.16. The van der Waals surface area contributed by atoms with Crippen LogP contribution in [0.1, 0.15) is 30.4 Å². The van der Waals surface area contributed by atoms with Crippen LogP contribution in [0.2, 0.25) is 0 Å². The lowest BCUT2D eigenvalue weighted by molar-refractivity contribution is 0.575. The van der Waals surface area contributed by atoms with E-state index in [0.29, 0.717) is 19.0 Å². The summed E-state index contributed by atoms with van der Waals surface area (Å²) in [7, 11) is -1.80. The Morgan fingerprint density at radius 1 is 1.38 bits per heavy atom. The SMILES string of the molecule is Cc1cnc(CCNS(=O)(=O)c2cn(C)cn2)n1C1CC1. The summed E-state index contributed by atoms with van der Waals surface area (Å²) < 4.78 is 30.5. The number of rotatable bonds is 6. The molecular weight excluding hydrogens is 290 g/mol. The Balaban J connectivity index is 1.64. The highest BCUT2D eigenvalue weighted by Crippen LogP contribution is 2.36. The van der Waals surface area contributed by atoms with Crippen molar-refractivity contribution in [3.8, 4) is 0 Å². The third-order valence-corrected chi connectivity index (χ3v) is 4.91. The molecule has 8 heteroatoms. The first-order valence-corrected chi connectivity index (χ1v) is 8.46. The molecule has 0 aromatic carbocycles. The number of aryl methyl sites for hydroxylation is 2. The van der Waals surface area contributed by atoms with Crippen LogP contribution in [0.3, 0.4) is 0 Å². The first kappa shape index (κ1) is 14.3. The van der Waals surface area contributed by atoms with Gasteiger partial charge in [-0.3, -0.25) is 0 Å². The van der Waals surface area contributed by atoms with Crippen molar-refractivity contribution in [1.82, 2.24) is 23.8 Å². The molecule has 0 amide bonds. The largest absolute Gasteiger partial charge is 0.339 e. The van der Waals surface area contributed by atoms with Gasteiger partial charge in [-0.25, -0.2) is 23.1 Å². The third kappa shape index (κ3) is 3.01. The van der Waals surface area contributed by atoms with E-state index < -0.39 is 10.0 Å². The maximum atomic E-state index is 12.1. The minimum absolute atomic E-state index is 0.0479. The molecule has 0 bridgehead atoms. The number of aromatic nitrogens is 4. The first-order valence-electron chi connectivity index (χ1n) is 6.98. The van der Waals surface area contributed by atoms with Crippen LogP contribution in [0.4, 0.5) is 0 Å². The molecule has 1 aliphatic carbocycles. The van der Waals surface area contributed by atoms with Gasteiger partial charge in [-0.1, -0.05) is 0 Å². The second-order valence-electron chi connectivity index (χ2n) is 5.44. The maximum Gasteiger partial charge on any atom is 0.259 e. The first-order chi connectivity index (χ1) is 9.97. The summed E-state index contributed by atoms with van der Waals surface area (Å²) in [4.78, 5) is 8.25. The van der Waals surface area contributed by atoms with E-state index in [1.807, 2.05) is 13.1 Å². The fraction of sp³-hybridized carbons (Fsp3) is 0.538. The average molecular weight is 309 g/mol. The van der Waals surface area contributed by atoms with Crippen LogP contribution in [0.25, 0.3) is 0 Å². The Morgan fingerprint density at radius 3 is 2.76 bits per heavy atom. The molecule has 1 N–H and O–H groups in total. The monoisotopic (exact) mass is 309 g/mol. The van der Waals surface area contributed by atoms with Gasteiger partial charge in [0.15, 0.2) is 5.03 Å². The van der Waals surface area contributed by atoms with Crippen molar-refractivity contribution in [3.63, 3.8) is 0 Å². The number of sulfonamides is 1. The van der Waals surface area contributed by atoms with Gasteiger partial charge in [0.1, 0.15) is 5.82 Å². The van der Waals surface area contributed by atoms with E-state index in [0.717, 1.165) is 11.5 Å². The van der Waals surface area contributed by atoms with Gasteiger partial charge in [-0.15, -0.1) is 0 Å². The summed E-state index contributed by atoms with van der Waals surface area (Å²) in [6, 6.07) is 0.551. The normalized spacial score (nSPS) is 15.5. The lowest BCUT2D eigenvalue weighted by Gasteiger charge is -2.09. The Hall–Kier alpha value is -1.67. The van der Waals surface area contributed by atoms with Crippen LogP contribution >= 0.6 is 0 Å². The zero-order chi connectivity index (χ0) is 15.0. The number of hydrogen-bond donors (Lipinski definition) is 1. The molecule has 0 atom stereocenters. The van der Waals surface area contributed by atoms with Gasteiger partial charge < -0.3 is 9.13 Å². The van der Waals surface area contributed by atoms with E-state index in [4.69, 9.17) is 0 Å². The molecule has 3 rings (SSSR count). The molecule has 2 heterocycles. The molecule has 2 aromatic rings. The van der Waals surface area contributed by atoms with Gasteiger partial charge in [0, 0.05) is 44.1 Å². The van der Waals surface area contributed by atoms with E-state index in [2.05, 4.69) is 19.3 Å². The third-order valence-electron chi connectivity index (χ3n) is 3.57. The van der Waals surface area contributed by atoms with Crippen LogP contribution in [0.5, 0.6) is 0 Å². The van der Waals surface area contributed by atoms with Crippen molar-refractivity contribution in [2.75, 3.05) is 6.54 Å². The van der Waals surface area contributed by atoms with Crippen molar-refractivity contribution in [3.05, 3.63) is 30.2 Å². The van der Waals surface area contributed by atoms with Gasteiger partial charge in [-0.05, 0) is 19.8 Å². The summed E-state index contributed by atoms with van der Waals surface area (Å²) in [6.07, 6.45) is 7.75. The van der Waals surface area contributed by atoms with Gasteiger partial charge in [0.25, 0.3) is 10.0 Å². The van der Waals surface area contributed by atoms with E-state index in [1.54, 1.807) is 11.6 Å². The second kappa shape index (κ2) is 5.27. The summed E-state index contributed by atoms with van der Waals surface area (Å²) in [6.45, 7) is 2.36. The van der Waals surface area contributed by atoms with Gasteiger partial charge in [0.05, 0.1) is 6.33 Å². The summed E-state index contributed by atoms with van der Waals surface area (Å²) in [5, 5.41) is 0.0479. The molecule has 114 valence electrons. The number of nitrogens with one attached hydrogen (secondary N) is 1. The smallest absolute Gasteiger partial charge is 0.259 e. The number of imidazole rings is 2. The predicted octanol–water partition coefficient (Wildman–Crippen LogP) is 0.781. The molecule has 1 saturated carbocycles. The van der Waals surface area contributed by atoms with Crippen LogP contribution in [0.15, 0.2) is 23.7 Å². The highest BCUT2D eigenvalue weighted by molar-refractivity contribution is 7.89. The average Bonchev–Trinajstić information content (AvgIpc) is 3.05. The molecule has 1 fully saturated rings. The predicted molar refractivity (Wildman–Crippen MR) is 77.3 cm³/mol. The highest BCUT2D eigenvalue weighted by atomic mass is 32.2. The lowest BCUT2D eigenvalue weighted by atomic mass is 10.4. The quantitative estimate of drug-likeness (QED) is 0.855. The van der Waals surface area contributed by atoms with Crippen LogP contribution < -0.4 is 4.72 Å². The minimum Gasteiger partial charge on any atom is -0.339 e. The van der Waals surface area contributed by atoms with E-state index >= 15 is 0 Å². The fourth-order valence-corrected chi connectivity index (χ4v) is 3.42. The molecule has 0 unspecified atom stereocenters. The molecular formula is C13H19N5O2S. The molecule has 1 aliphatic rings. The molecule has 7 nitrogen and oxygen atoms in total. The standard InChI is InChI=1S/C13H19N5O2S/c1-10-7-14-12(18(10)11-3-4-11)5-6-16-21(19,20)13-8-17(2)9-15-13/h7-9,11,16H,3-6H2,1-2H3. The van der Waals surface area contributed by atoms with Gasteiger partial charge in [-0.2, -0.15) is 0 Å². The maximum absolute atomic E-state index is 12.1. The molecule has 2 aromatic heterocycles. The Morgan fingerprint density at radius 2 is 2.14 bits per heavy atom. The molecule has 21 heavy (non-hydrogen) atoms. The van der Waals surface area contributed by atoms with Crippen molar-refractivity contribution in [2.24, 2.45) is 7.05 Å². The summed E-state index contributed by atoms with van der Waals surface area (Å²) in [5.41, 5.74) is 1.14. The zero-order valence-electron chi connectivity index (χ0n) is 12.2. The fourth-order valence-electron chi connectivity index (χ4n) is 2.41. The molecule has 0 radical (unpaired) electrons. The number of hydrogen-bond acceptors (Lipinski definition) is 4.